The average Bonchev–Trinajstić information content (AvgIpc) is 2.93. The van der Waals surface area contributed by atoms with E-state index in [9.17, 15) is 14.4 Å². The van der Waals surface area contributed by atoms with Crippen LogP contribution in [0.5, 0.6) is 0 Å². The third kappa shape index (κ3) is 3.84. The summed E-state index contributed by atoms with van der Waals surface area (Å²) < 4.78 is 0. The molecule has 0 radical (unpaired) electrons. The second-order valence-electron chi connectivity index (χ2n) is 3.38. The number of nitrogens with one attached hydrogen (secondary N) is 1. The topological polar surface area (TPSA) is 113 Å². The fraction of sp³-hybridized carbons (Fsp3) is 0.625. The minimum atomic E-state index is -1.07. The summed E-state index contributed by atoms with van der Waals surface area (Å²) in [5.41, 5.74) is 4.85. The molecule has 7 heteroatoms. The lowest BCUT2D eigenvalue weighted by Gasteiger charge is -2.20. The maximum absolute atomic E-state index is 11.4. The third-order valence-electron chi connectivity index (χ3n) is 1.97. The van der Waals surface area contributed by atoms with Crippen molar-refractivity contribution < 1.29 is 19.5 Å². The predicted molar refractivity (Wildman–Crippen MR) is 50.0 cm³/mol. The molecule has 1 aliphatic rings. The van der Waals surface area contributed by atoms with Gasteiger partial charge in [0, 0.05) is 6.04 Å². The van der Waals surface area contributed by atoms with E-state index in [0.29, 0.717) is 0 Å². The number of nitrogens with two attached hydrogens (primary N) is 1. The van der Waals surface area contributed by atoms with Gasteiger partial charge in [-0.3, -0.25) is 9.59 Å². The molecule has 0 saturated heterocycles. The number of urea groups is 1. The lowest BCUT2D eigenvalue weighted by atomic mass is 10.5. The molecule has 0 spiro atoms. The van der Waals surface area contributed by atoms with Gasteiger partial charge in [-0.2, -0.15) is 0 Å². The van der Waals surface area contributed by atoms with E-state index < -0.39 is 17.9 Å². The van der Waals surface area contributed by atoms with Crippen LogP contribution in [0.1, 0.15) is 12.8 Å². The molecule has 3 amide bonds. The van der Waals surface area contributed by atoms with Gasteiger partial charge in [-0.05, 0) is 12.8 Å². The Balaban J connectivity index is 2.44. The fourth-order valence-corrected chi connectivity index (χ4v) is 1.16. The van der Waals surface area contributed by atoms with Crippen molar-refractivity contribution >= 4 is 17.9 Å². The van der Waals surface area contributed by atoms with Crippen molar-refractivity contribution in [3.8, 4) is 0 Å². The predicted octanol–water partition coefficient (Wildman–Crippen LogP) is -1.27. The highest BCUT2D eigenvalue weighted by Gasteiger charge is 2.33. The number of carboxylic acid groups (broad SMARTS) is 1. The van der Waals surface area contributed by atoms with Crippen LogP contribution in [0.2, 0.25) is 0 Å². The molecule has 0 aromatic carbocycles. The Labute approximate surface area is 86.2 Å². The van der Waals surface area contributed by atoms with Crippen molar-refractivity contribution in [2.45, 2.75) is 18.9 Å². The summed E-state index contributed by atoms with van der Waals surface area (Å²) >= 11 is 0. The summed E-state index contributed by atoms with van der Waals surface area (Å²) in [6.45, 7) is -0.628. The van der Waals surface area contributed by atoms with Gasteiger partial charge in [0.05, 0.1) is 6.54 Å². The highest BCUT2D eigenvalue weighted by atomic mass is 16.4. The molecular formula is C8H13N3O4. The molecule has 15 heavy (non-hydrogen) atoms. The minimum Gasteiger partial charge on any atom is -0.480 e. The molecule has 0 aliphatic heterocycles. The first-order chi connectivity index (χ1) is 7.00. The maximum atomic E-state index is 11.4. The molecule has 0 aromatic heterocycles. The molecule has 1 rings (SSSR count). The summed E-state index contributed by atoms with van der Waals surface area (Å²) in [4.78, 5) is 33.5. The van der Waals surface area contributed by atoms with Crippen molar-refractivity contribution in [1.82, 2.24) is 10.2 Å². The third-order valence-corrected chi connectivity index (χ3v) is 1.97. The van der Waals surface area contributed by atoms with Gasteiger partial charge < -0.3 is 21.1 Å². The van der Waals surface area contributed by atoms with E-state index in [0.717, 1.165) is 12.8 Å². The number of hydrogen-bond acceptors (Lipinski definition) is 3. The van der Waals surface area contributed by atoms with Gasteiger partial charge in [-0.15, -0.1) is 0 Å². The number of nitrogens with zero attached hydrogens (tertiary/aromatic N) is 1. The van der Waals surface area contributed by atoms with Crippen LogP contribution in [-0.4, -0.2) is 47.0 Å². The van der Waals surface area contributed by atoms with Gasteiger partial charge >= 0.3 is 12.0 Å². The summed E-state index contributed by atoms with van der Waals surface area (Å²) in [7, 11) is 0. The maximum Gasteiger partial charge on any atom is 0.323 e. The standard InChI is InChI=1S/C8H13N3O4/c9-6(12)3-10-8(15)11(4-7(13)14)5-1-2-5/h5H,1-4H2,(H2,9,12)(H,10,15)(H,13,14). The highest BCUT2D eigenvalue weighted by molar-refractivity contribution is 5.85. The minimum absolute atomic E-state index is 0.0195. The van der Waals surface area contributed by atoms with Crippen molar-refractivity contribution in [2.24, 2.45) is 5.73 Å². The number of carbonyl (C=O) groups is 3. The molecule has 1 fully saturated rings. The lowest BCUT2D eigenvalue weighted by Crippen LogP contribution is -2.46. The quantitative estimate of drug-likeness (QED) is 0.530. The summed E-state index contributed by atoms with van der Waals surface area (Å²) in [6, 6.07) is -0.576. The zero-order chi connectivity index (χ0) is 11.4. The van der Waals surface area contributed by atoms with Gasteiger partial charge in [0.25, 0.3) is 0 Å². The zero-order valence-corrected chi connectivity index (χ0v) is 8.10. The van der Waals surface area contributed by atoms with E-state index in [4.69, 9.17) is 10.8 Å². The number of carbonyl (C=O) groups excluding carboxylic acids is 2. The molecule has 0 heterocycles. The molecular weight excluding hydrogens is 202 g/mol. The van der Waals surface area contributed by atoms with E-state index >= 15 is 0 Å². The Morgan fingerprint density at radius 2 is 2.00 bits per heavy atom. The van der Waals surface area contributed by atoms with Crippen molar-refractivity contribution in [2.75, 3.05) is 13.1 Å². The SMILES string of the molecule is NC(=O)CNC(=O)N(CC(=O)O)C1CC1. The van der Waals surface area contributed by atoms with Crippen LogP contribution >= 0.6 is 0 Å². The second kappa shape index (κ2) is 4.63. The average molecular weight is 215 g/mol. The van der Waals surface area contributed by atoms with Crippen LogP contribution in [0, 0.1) is 0 Å². The molecule has 0 atom stereocenters. The van der Waals surface area contributed by atoms with E-state index in [1.165, 1.54) is 4.90 Å². The number of primary amides is 1. The molecule has 4 N–H and O–H groups in total. The first kappa shape index (κ1) is 11.3. The lowest BCUT2D eigenvalue weighted by molar-refractivity contribution is -0.137. The van der Waals surface area contributed by atoms with Crippen molar-refractivity contribution in [1.29, 1.82) is 0 Å². The molecule has 0 unspecified atom stereocenters. The smallest absolute Gasteiger partial charge is 0.323 e. The monoisotopic (exact) mass is 215 g/mol. The van der Waals surface area contributed by atoms with E-state index in [1.54, 1.807) is 0 Å². The number of carboxylic acids is 1. The number of rotatable bonds is 5. The summed E-state index contributed by atoms with van der Waals surface area (Å²) in [5.74, 6) is -1.73. The van der Waals surface area contributed by atoms with Crippen LogP contribution in [0.25, 0.3) is 0 Å². The number of hydrogen-bond donors (Lipinski definition) is 3. The van der Waals surface area contributed by atoms with E-state index in [1.807, 2.05) is 0 Å². The van der Waals surface area contributed by atoms with Crippen LogP contribution in [0.15, 0.2) is 0 Å². The molecule has 1 aliphatic carbocycles. The molecule has 1 saturated carbocycles. The Kier molecular flexibility index (Phi) is 3.48. The van der Waals surface area contributed by atoms with Crippen LogP contribution in [0.3, 0.4) is 0 Å². The van der Waals surface area contributed by atoms with Crippen LogP contribution in [0.4, 0.5) is 4.79 Å². The number of amides is 3. The van der Waals surface area contributed by atoms with Gasteiger partial charge in [0.1, 0.15) is 6.54 Å². The van der Waals surface area contributed by atoms with Gasteiger partial charge in [0.2, 0.25) is 5.91 Å². The highest BCUT2D eigenvalue weighted by Crippen LogP contribution is 2.26. The molecule has 84 valence electrons. The Bertz CT molecular complexity index is 288. The van der Waals surface area contributed by atoms with Crippen molar-refractivity contribution in [3.63, 3.8) is 0 Å². The Morgan fingerprint density at radius 3 is 2.40 bits per heavy atom. The molecule has 0 bridgehead atoms. The largest absolute Gasteiger partial charge is 0.480 e. The molecule has 7 nitrogen and oxygen atoms in total. The Hall–Kier alpha value is -1.79. The van der Waals surface area contributed by atoms with E-state index in [2.05, 4.69) is 5.32 Å². The fourth-order valence-electron chi connectivity index (χ4n) is 1.16. The molecule has 0 aromatic rings. The van der Waals surface area contributed by atoms with E-state index in [-0.39, 0.29) is 19.1 Å². The zero-order valence-electron chi connectivity index (χ0n) is 8.10. The first-order valence-corrected chi connectivity index (χ1v) is 4.55. The van der Waals surface area contributed by atoms with Gasteiger partial charge in [-0.25, -0.2) is 4.79 Å². The van der Waals surface area contributed by atoms with Crippen LogP contribution < -0.4 is 11.1 Å². The first-order valence-electron chi connectivity index (χ1n) is 4.55. The van der Waals surface area contributed by atoms with Gasteiger partial charge in [0.15, 0.2) is 0 Å². The van der Waals surface area contributed by atoms with Crippen LogP contribution in [-0.2, 0) is 9.59 Å². The van der Waals surface area contributed by atoms with Crippen molar-refractivity contribution in [3.05, 3.63) is 0 Å². The number of aliphatic carboxylic acids is 1. The normalized spacial score (nSPS) is 14.4. The second-order valence-corrected chi connectivity index (χ2v) is 3.38. The summed E-state index contributed by atoms with van der Waals surface area (Å²) in [6.07, 6.45) is 1.61. The Morgan fingerprint density at radius 1 is 1.40 bits per heavy atom. The van der Waals surface area contributed by atoms with Gasteiger partial charge in [-0.1, -0.05) is 0 Å². The summed E-state index contributed by atoms with van der Waals surface area (Å²) in [5, 5.41) is 10.8.